The van der Waals surface area contributed by atoms with Crippen molar-refractivity contribution in [3.8, 4) is 5.75 Å². The largest absolute Gasteiger partial charge is 0.496 e. The highest BCUT2D eigenvalue weighted by Crippen LogP contribution is 2.30. The van der Waals surface area contributed by atoms with E-state index in [-0.39, 0.29) is 17.7 Å². The van der Waals surface area contributed by atoms with E-state index in [9.17, 15) is 13.9 Å². The molecule has 1 unspecified atom stereocenters. The average Bonchev–Trinajstić information content (AvgIpc) is 2.40. The van der Waals surface area contributed by atoms with Crippen molar-refractivity contribution in [1.82, 2.24) is 0 Å². The highest BCUT2D eigenvalue weighted by Gasteiger charge is 2.19. The van der Waals surface area contributed by atoms with E-state index < -0.39 is 17.7 Å². The molecule has 0 saturated carbocycles. The molecule has 2 aromatic rings. The predicted octanol–water partition coefficient (Wildman–Crippen LogP) is 3.25. The molecule has 2 aromatic carbocycles. The van der Waals surface area contributed by atoms with Gasteiger partial charge in [-0.2, -0.15) is 0 Å². The van der Waals surface area contributed by atoms with Gasteiger partial charge in [-0.25, -0.2) is 8.78 Å². The summed E-state index contributed by atoms with van der Waals surface area (Å²) in [6.45, 7) is 0. The van der Waals surface area contributed by atoms with Gasteiger partial charge in [-0.05, 0) is 23.8 Å². The molecule has 1 N–H and O–H groups in total. The number of ether oxygens (including phenoxy) is 1. The van der Waals surface area contributed by atoms with Crippen molar-refractivity contribution in [2.45, 2.75) is 12.5 Å². The monoisotopic (exact) mass is 264 g/mol. The van der Waals surface area contributed by atoms with Crippen LogP contribution in [0.1, 0.15) is 17.2 Å². The van der Waals surface area contributed by atoms with Crippen LogP contribution in [-0.2, 0) is 6.42 Å². The number of methoxy groups -OCH3 is 1. The zero-order valence-electron chi connectivity index (χ0n) is 10.4. The lowest BCUT2D eigenvalue weighted by molar-refractivity contribution is 0.167. The lowest BCUT2D eigenvalue weighted by Crippen LogP contribution is -2.07. The summed E-state index contributed by atoms with van der Waals surface area (Å²) in [6.07, 6.45) is -1.17. The normalized spacial score (nSPS) is 12.2. The molecule has 100 valence electrons. The first kappa shape index (κ1) is 13.5. The van der Waals surface area contributed by atoms with Crippen molar-refractivity contribution in [3.63, 3.8) is 0 Å². The van der Waals surface area contributed by atoms with Crippen LogP contribution in [0.25, 0.3) is 0 Å². The van der Waals surface area contributed by atoms with Crippen molar-refractivity contribution < 1.29 is 18.6 Å². The maximum absolute atomic E-state index is 13.8. The summed E-state index contributed by atoms with van der Waals surface area (Å²) in [6, 6.07) is 10.4. The van der Waals surface area contributed by atoms with Crippen LogP contribution in [0.3, 0.4) is 0 Å². The Bertz CT molecular complexity index is 570. The second-order valence-electron chi connectivity index (χ2n) is 4.17. The maximum Gasteiger partial charge on any atom is 0.132 e. The molecular formula is C15H14F2O2. The molecule has 0 spiro atoms. The minimum Gasteiger partial charge on any atom is -0.496 e. The molecular weight excluding hydrogens is 250 g/mol. The van der Waals surface area contributed by atoms with Crippen molar-refractivity contribution in [2.24, 2.45) is 0 Å². The van der Waals surface area contributed by atoms with Crippen LogP contribution in [0.2, 0.25) is 0 Å². The van der Waals surface area contributed by atoms with E-state index in [1.165, 1.54) is 25.3 Å². The Hall–Kier alpha value is -1.94. The molecule has 0 bridgehead atoms. The summed E-state index contributed by atoms with van der Waals surface area (Å²) in [7, 11) is 1.40. The summed E-state index contributed by atoms with van der Waals surface area (Å²) >= 11 is 0. The van der Waals surface area contributed by atoms with Crippen LogP contribution in [0.15, 0.2) is 42.5 Å². The van der Waals surface area contributed by atoms with Gasteiger partial charge in [0.15, 0.2) is 0 Å². The standard InChI is InChI=1S/C15H14F2O2/c1-19-14-8-4-7-12(17)15(14)13(18)9-10-5-2-3-6-11(10)16/h2-8,13,18H,9H2,1H3. The number of aliphatic hydroxyl groups excluding tert-OH is 1. The Morgan fingerprint density at radius 2 is 1.74 bits per heavy atom. The van der Waals surface area contributed by atoms with Gasteiger partial charge >= 0.3 is 0 Å². The van der Waals surface area contributed by atoms with Crippen LogP contribution in [0.5, 0.6) is 5.75 Å². The van der Waals surface area contributed by atoms with Gasteiger partial charge in [0.1, 0.15) is 17.4 Å². The lowest BCUT2D eigenvalue weighted by Gasteiger charge is -2.16. The smallest absolute Gasteiger partial charge is 0.132 e. The first-order chi connectivity index (χ1) is 9.13. The fraction of sp³-hybridized carbons (Fsp3) is 0.200. The van der Waals surface area contributed by atoms with Gasteiger partial charge in [0.25, 0.3) is 0 Å². The average molecular weight is 264 g/mol. The van der Waals surface area contributed by atoms with E-state index in [0.29, 0.717) is 5.56 Å². The third-order valence-corrected chi connectivity index (χ3v) is 2.94. The van der Waals surface area contributed by atoms with Gasteiger partial charge in [-0.3, -0.25) is 0 Å². The molecule has 0 saturated heterocycles. The van der Waals surface area contributed by atoms with E-state index in [1.54, 1.807) is 24.3 Å². The molecule has 0 aromatic heterocycles. The SMILES string of the molecule is COc1cccc(F)c1C(O)Cc1ccccc1F. The summed E-state index contributed by atoms with van der Waals surface area (Å²) in [5, 5.41) is 10.1. The molecule has 0 aliphatic rings. The highest BCUT2D eigenvalue weighted by atomic mass is 19.1. The van der Waals surface area contributed by atoms with Gasteiger partial charge in [0.2, 0.25) is 0 Å². The lowest BCUT2D eigenvalue weighted by atomic mass is 10.00. The highest BCUT2D eigenvalue weighted by molar-refractivity contribution is 5.37. The fourth-order valence-corrected chi connectivity index (χ4v) is 1.99. The van der Waals surface area contributed by atoms with Crippen molar-refractivity contribution in [2.75, 3.05) is 7.11 Å². The number of hydrogen-bond donors (Lipinski definition) is 1. The van der Waals surface area contributed by atoms with Crippen molar-refractivity contribution >= 4 is 0 Å². The van der Waals surface area contributed by atoms with Crippen LogP contribution >= 0.6 is 0 Å². The predicted molar refractivity (Wildman–Crippen MR) is 68.0 cm³/mol. The Labute approximate surface area is 110 Å². The molecule has 0 radical (unpaired) electrons. The van der Waals surface area contributed by atoms with Gasteiger partial charge in [0.05, 0.1) is 18.8 Å². The molecule has 0 aliphatic heterocycles. The third kappa shape index (κ3) is 2.90. The van der Waals surface area contributed by atoms with Crippen LogP contribution in [-0.4, -0.2) is 12.2 Å². The van der Waals surface area contributed by atoms with E-state index in [1.807, 2.05) is 0 Å². The van der Waals surface area contributed by atoms with E-state index in [0.717, 1.165) is 0 Å². The van der Waals surface area contributed by atoms with Gasteiger partial charge in [-0.1, -0.05) is 24.3 Å². The molecule has 2 rings (SSSR count). The molecule has 0 amide bonds. The number of hydrogen-bond acceptors (Lipinski definition) is 2. The molecule has 19 heavy (non-hydrogen) atoms. The minimum absolute atomic E-state index is 0.00995. The fourth-order valence-electron chi connectivity index (χ4n) is 1.99. The molecule has 2 nitrogen and oxygen atoms in total. The zero-order valence-corrected chi connectivity index (χ0v) is 10.4. The van der Waals surface area contributed by atoms with Gasteiger partial charge < -0.3 is 9.84 Å². The van der Waals surface area contributed by atoms with Crippen LogP contribution in [0.4, 0.5) is 8.78 Å². The Morgan fingerprint density at radius 1 is 1.05 bits per heavy atom. The maximum atomic E-state index is 13.8. The number of benzene rings is 2. The summed E-state index contributed by atoms with van der Waals surface area (Å²) in [4.78, 5) is 0. The van der Waals surface area contributed by atoms with Crippen molar-refractivity contribution in [1.29, 1.82) is 0 Å². The summed E-state index contributed by atoms with van der Waals surface area (Å²) in [5.74, 6) is -0.733. The summed E-state index contributed by atoms with van der Waals surface area (Å²) in [5.41, 5.74) is 0.383. The second-order valence-corrected chi connectivity index (χ2v) is 4.17. The number of aliphatic hydroxyl groups is 1. The minimum atomic E-state index is -1.16. The number of rotatable bonds is 4. The Morgan fingerprint density at radius 3 is 2.42 bits per heavy atom. The van der Waals surface area contributed by atoms with Crippen LogP contribution in [0, 0.1) is 11.6 Å². The van der Waals surface area contributed by atoms with Gasteiger partial charge in [-0.15, -0.1) is 0 Å². The van der Waals surface area contributed by atoms with E-state index in [2.05, 4.69) is 0 Å². The van der Waals surface area contributed by atoms with E-state index in [4.69, 9.17) is 4.74 Å². The van der Waals surface area contributed by atoms with Crippen molar-refractivity contribution in [3.05, 3.63) is 65.2 Å². The third-order valence-electron chi connectivity index (χ3n) is 2.94. The Kier molecular flexibility index (Phi) is 4.12. The topological polar surface area (TPSA) is 29.5 Å². The molecule has 0 aliphatic carbocycles. The second kappa shape index (κ2) is 5.80. The number of halogens is 2. The summed E-state index contributed by atoms with van der Waals surface area (Å²) < 4.78 is 32.3. The van der Waals surface area contributed by atoms with Crippen LogP contribution < -0.4 is 4.74 Å². The quantitative estimate of drug-likeness (QED) is 0.918. The first-order valence-electron chi connectivity index (χ1n) is 5.87. The van der Waals surface area contributed by atoms with E-state index >= 15 is 0 Å². The zero-order chi connectivity index (χ0) is 13.8. The molecule has 0 heterocycles. The molecule has 1 atom stereocenters. The van der Waals surface area contributed by atoms with Gasteiger partial charge in [0, 0.05) is 6.42 Å². The first-order valence-corrected chi connectivity index (χ1v) is 5.87. The molecule has 4 heteroatoms. The molecule has 0 fully saturated rings. The Balaban J connectivity index is 2.30.